The van der Waals surface area contributed by atoms with E-state index in [1.165, 1.54) is 32.3 Å². The van der Waals surface area contributed by atoms with Gasteiger partial charge in [0.25, 0.3) is 5.91 Å². The Balaban J connectivity index is 2.26. The van der Waals surface area contributed by atoms with E-state index in [0.29, 0.717) is 5.75 Å². The third-order valence-electron chi connectivity index (χ3n) is 4.45. The molecule has 2 rings (SSSR count). The number of carbonyl (C=O) groups is 1. The smallest absolute Gasteiger partial charge is 0.327 e. The number of benzene rings is 2. The van der Waals surface area contributed by atoms with E-state index in [1.807, 2.05) is 32.0 Å². The van der Waals surface area contributed by atoms with Gasteiger partial charge in [-0.15, -0.1) is 0 Å². The van der Waals surface area contributed by atoms with Crippen LogP contribution in [0, 0.1) is 24.0 Å². The van der Waals surface area contributed by atoms with Gasteiger partial charge in [0.2, 0.25) is 11.5 Å². The fourth-order valence-electron chi connectivity index (χ4n) is 3.11. The van der Waals surface area contributed by atoms with Gasteiger partial charge in [0.05, 0.1) is 32.8 Å². The van der Waals surface area contributed by atoms with Gasteiger partial charge in [-0.3, -0.25) is 14.9 Å². The number of likely N-dealkylation sites (N-methyl/N-ethyl adjacent to an activating group) is 1. The summed E-state index contributed by atoms with van der Waals surface area (Å²) in [6.45, 7) is 4.39. The van der Waals surface area contributed by atoms with Crippen molar-refractivity contribution >= 4 is 11.6 Å². The SMILES string of the molecule is COc1cc(C(=O)N(C)CCOc2cc(C)cc(C)c2)c([N+](=O)[O-])c(OC)c1OC. The van der Waals surface area contributed by atoms with E-state index in [-0.39, 0.29) is 36.0 Å². The highest BCUT2D eigenvalue weighted by Gasteiger charge is 2.33. The van der Waals surface area contributed by atoms with Crippen molar-refractivity contribution in [3.8, 4) is 23.0 Å². The first-order chi connectivity index (χ1) is 14.2. The molecule has 1 amide bonds. The van der Waals surface area contributed by atoms with Crippen molar-refractivity contribution in [3.63, 3.8) is 0 Å². The van der Waals surface area contributed by atoms with Gasteiger partial charge in [-0.2, -0.15) is 0 Å². The van der Waals surface area contributed by atoms with E-state index in [0.717, 1.165) is 11.1 Å². The first-order valence-electron chi connectivity index (χ1n) is 9.17. The summed E-state index contributed by atoms with van der Waals surface area (Å²) in [5.74, 6) is 0.161. The van der Waals surface area contributed by atoms with E-state index in [2.05, 4.69) is 0 Å². The number of rotatable bonds is 9. The molecule has 0 atom stereocenters. The fourth-order valence-corrected chi connectivity index (χ4v) is 3.11. The van der Waals surface area contributed by atoms with Crippen LogP contribution in [-0.2, 0) is 0 Å². The third kappa shape index (κ3) is 4.91. The van der Waals surface area contributed by atoms with Crippen molar-refractivity contribution in [2.45, 2.75) is 13.8 Å². The van der Waals surface area contributed by atoms with Gasteiger partial charge in [-0.1, -0.05) is 6.07 Å². The third-order valence-corrected chi connectivity index (χ3v) is 4.45. The predicted molar refractivity (Wildman–Crippen MR) is 111 cm³/mol. The lowest BCUT2D eigenvalue weighted by Crippen LogP contribution is -2.31. The lowest BCUT2D eigenvalue weighted by molar-refractivity contribution is -0.386. The highest BCUT2D eigenvalue weighted by Crippen LogP contribution is 2.46. The van der Waals surface area contributed by atoms with E-state index < -0.39 is 16.5 Å². The van der Waals surface area contributed by atoms with Crippen LogP contribution in [0.4, 0.5) is 5.69 Å². The number of aryl methyl sites for hydroxylation is 2. The number of ether oxygens (including phenoxy) is 4. The van der Waals surface area contributed by atoms with Gasteiger partial charge in [0.1, 0.15) is 17.9 Å². The molecule has 9 heteroatoms. The second-order valence-electron chi connectivity index (χ2n) is 6.70. The van der Waals surface area contributed by atoms with Crippen LogP contribution < -0.4 is 18.9 Å². The van der Waals surface area contributed by atoms with Crippen LogP contribution in [0.2, 0.25) is 0 Å². The lowest BCUT2D eigenvalue weighted by Gasteiger charge is -2.20. The van der Waals surface area contributed by atoms with Crippen LogP contribution in [0.25, 0.3) is 0 Å². The molecule has 2 aromatic carbocycles. The number of nitro groups is 1. The summed E-state index contributed by atoms with van der Waals surface area (Å²) in [4.78, 5) is 25.3. The highest BCUT2D eigenvalue weighted by molar-refractivity contribution is 6.00. The molecule has 162 valence electrons. The monoisotopic (exact) mass is 418 g/mol. The number of methoxy groups -OCH3 is 3. The summed E-state index contributed by atoms with van der Waals surface area (Å²) in [5.41, 5.74) is 1.50. The Morgan fingerprint density at radius 1 is 1.00 bits per heavy atom. The Kier molecular flexibility index (Phi) is 7.46. The zero-order valence-corrected chi connectivity index (χ0v) is 18.0. The second-order valence-corrected chi connectivity index (χ2v) is 6.70. The maximum Gasteiger partial charge on any atom is 0.327 e. The molecule has 0 saturated carbocycles. The minimum atomic E-state index is -0.673. The normalized spacial score (nSPS) is 10.3. The average molecular weight is 418 g/mol. The quantitative estimate of drug-likeness (QED) is 0.454. The van der Waals surface area contributed by atoms with Crippen LogP contribution in [0.1, 0.15) is 21.5 Å². The standard InChI is InChI=1S/C21H26N2O7/c1-13-9-14(2)11-15(10-13)30-8-7-22(3)21(24)16-12-17(27-4)19(28-5)20(29-6)18(16)23(25)26/h9-12H,7-8H2,1-6H3. The summed E-state index contributed by atoms with van der Waals surface area (Å²) in [7, 11) is 5.51. The molecule has 0 saturated heterocycles. The van der Waals surface area contributed by atoms with Crippen molar-refractivity contribution in [2.75, 3.05) is 41.5 Å². The number of amides is 1. The van der Waals surface area contributed by atoms with Gasteiger partial charge < -0.3 is 23.8 Å². The first kappa shape index (κ1) is 22.8. The molecule has 0 heterocycles. The Hall–Kier alpha value is -3.49. The lowest BCUT2D eigenvalue weighted by atomic mass is 10.1. The molecule has 0 fully saturated rings. The summed E-state index contributed by atoms with van der Waals surface area (Å²) in [6, 6.07) is 7.12. The molecule has 0 aliphatic heterocycles. The van der Waals surface area contributed by atoms with Crippen molar-refractivity contribution in [3.05, 3.63) is 51.1 Å². The number of nitrogens with zero attached hydrogens (tertiary/aromatic N) is 2. The second kappa shape index (κ2) is 9.82. The van der Waals surface area contributed by atoms with Crippen LogP contribution in [0.15, 0.2) is 24.3 Å². The Morgan fingerprint density at radius 2 is 1.60 bits per heavy atom. The van der Waals surface area contributed by atoms with Gasteiger partial charge in [0.15, 0.2) is 5.75 Å². The zero-order valence-electron chi connectivity index (χ0n) is 18.0. The van der Waals surface area contributed by atoms with Crippen LogP contribution in [0.3, 0.4) is 0 Å². The number of carbonyl (C=O) groups excluding carboxylic acids is 1. The van der Waals surface area contributed by atoms with Gasteiger partial charge in [0, 0.05) is 13.1 Å². The number of nitro benzene ring substituents is 1. The fraction of sp³-hybridized carbons (Fsp3) is 0.381. The number of hydrogen-bond donors (Lipinski definition) is 0. The molecule has 0 spiro atoms. The summed E-state index contributed by atoms with van der Waals surface area (Å²) < 4.78 is 21.3. The highest BCUT2D eigenvalue weighted by atomic mass is 16.6. The Bertz CT molecular complexity index is 923. The van der Waals surface area contributed by atoms with E-state index in [9.17, 15) is 14.9 Å². The molecule has 0 N–H and O–H groups in total. The van der Waals surface area contributed by atoms with Crippen LogP contribution >= 0.6 is 0 Å². The van der Waals surface area contributed by atoms with E-state index in [4.69, 9.17) is 18.9 Å². The van der Waals surface area contributed by atoms with Crippen LogP contribution in [-0.4, -0.2) is 57.3 Å². The summed E-state index contributed by atoms with van der Waals surface area (Å²) >= 11 is 0. The molecule has 0 radical (unpaired) electrons. The average Bonchev–Trinajstić information content (AvgIpc) is 2.70. The molecule has 0 aliphatic rings. The molecule has 9 nitrogen and oxygen atoms in total. The van der Waals surface area contributed by atoms with Gasteiger partial charge >= 0.3 is 5.69 Å². The maximum absolute atomic E-state index is 13.0. The predicted octanol–water partition coefficient (Wildman–Crippen LogP) is 3.39. The largest absolute Gasteiger partial charge is 0.493 e. The maximum atomic E-state index is 13.0. The van der Waals surface area contributed by atoms with Crippen molar-refractivity contribution < 1.29 is 28.7 Å². The minimum absolute atomic E-state index is 0.0454. The molecule has 0 aliphatic carbocycles. The van der Waals surface area contributed by atoms with E-state index in [1.54, 1.807) is 7.05 Å². The Labute approximate surface area is 175 Å². The van der Waals surface area contributed by atoms with E-state index >= 15 is 0 Å². The van der Waals surface area contributed by atoms with Gasteiger partial charge in [-0.05, 0) is 37.1 Å². The minimum Gasteiger partial charge on any atom is -0.493 e. The van der Waals surface area contributed by atoms with Crippen molar-refractivity contribution in [2.24, 2.45) is 0 Å². The Morgan fingerprint density at radius 3 is 2.10 bits per heavy atom. The molecule has 0 unspecified atom stereocenters. The van der Waals surface area contributed by atoms with Crippen LogP contribution in [0.5, 0.6) is 23.0 Å². The molecular weight excluding hydrogens is 392 g/mol. The molecule has 30 heavy (non-hydrogen) atoms. The first-order valence-corrected chi connectivity index (χ1v) is 9.17. The molecule has 2 aromatic rings. The summed E-state index contributed by atoms with van der Waals surface area (Å²) in [6.07, 6.45) is 0. The van der Waals surface area contributed by atoms with Crippen molar-refractivity contribution in [1.82, 2.24) is 4.90 Å². The molecule has 0 aromatic heterocycles. The summed E-state index contributed by atoms with van der Waals surface area (Å²) in [5, 5.41) is 11.7. The van der Waals surface area contributed by atoms with Gasteiger partial charge in [-0.25, -0.2) is 0 Å². The molecule has 0 bridgehead atoms. The molecular formula is C21H26N2O7. The topological polar surface area (TPSA) is 100 Å². The zero-order chi connectivity index (χ0) is 22.4. The van der Waals surface area contributed by atoms with Crippen molar-refractivity contribution in [1.29, 1.82) is 0 Å². The number of hydrogen-bond acceptors (Lipinski definition) is 7.